The number of amides is 1. The van der Waals surface area contributed by atoms with Crippen molar-refractivity contribution < 1.29 is 24.2 Å². The molecular weight excluding hydrogens is 310 g/mol. The van der Waals surface area contributed by atoms with Gasteiger partial charge in [-0.1, -0.05) is 0 Å². The molecule has 0 heterocycles. The Morgan fingerprint density at radius 3 is 2.29 bits per heavy atom. The third-order valence-electron chi connectivity index (χ3n) is 4.70. The van der Waals surface area contributed by atoms with Gasteiger partial charge in [-0.25, -0.2) is 0 Å². The number of carbonyl (C=O) groups excluding carboxylic acids is 1. The third-order valence-corrected chi connectivity index (χ3v) is 4.70. The van der Waals surface area contributed by atoms with Gasteiger partial charge in [-0.15, -0.1) is 0 Å². The fourth-order valence-corrected chi connectivity index (χ4v) is 3.21. The Hall–Kier alpha value is -2.24. The van der Waals surface area contributed by atoms with Crippen LogP contribution in [0.25, 0.3) is 0 Å². The van der Waals surface area contributed by atoms with Crippen molar-refractivity contribution in [2.24, 2.45) is 11.8 Å². The van der Waals surface area contributed by atoms with Crippen LogP contribution in [0.4, 0.5) is 0 Å². The van der Waals surface area contributed by atoms with Crippen LogP contribution in [-0.4, -0.2) is 43.2 Å². The van der Waals surface area contributed by atoms with Gasteiger partial charge in [0.25, 0.3) is 0 Å². The first kappa shape index (κ1) is 18.1. The highest BCUT2D eigenvalue weighted by Gasteiger charge is 2.31. The van der Waals surface area contributed by atoms with Gasteiger partial charge in [0.05, 0.1) is 20.1 Å². The largest absolute Gasteiger partial charge is 0.497 e. The molecule has 0 unspecified atom stereocenters. The lowest BCUT2D eigenvalue weighted by atomic mass is 9.81. The molecule has 1 aromatic carbocycles. The van der Waals surface area contributed by atoms with Gasteiger partial charge in [0, 0.05) is 31.1 Å². The minimum atomic E-state index is -0.753. The molecule has 1 N–H and O–H groups in total. The molecule has 1 aliphatic rings. The van der Waals surface area contributed by atoms with Crippen molar-refractivity contribution in [2.45, 2.75) is 32.2 Å². The monoisotopic (exact) mass is 335 g/mol. The number of ether oxygens (including phenoxy) is 2. The lowest BCUT2D eigenvalue weighted by molar-refractivity contribution is -0.145. The van der Waals surface area contributed by atoms with Crippen LogP contribution in [0, 0.1) is 11.8 Å². The molecule has 1 amide bonds. The summed E-state index contributed by atoms with van der Waals surface area (Å²) in [5.41, 5.74) is 0.911. The van der Waals surface area contributed by atoms with Crippen molar-refractivity contribution in [3.63, 3.8) is 0 Å². The number of aliphatic carboxylic acids is 1. The number of methoxy groups -OCH3 is 2. The molecule has 132 valence electrons. The first-order valence-electron chi connectivity index (χ1n) is 8.15. The van der Waals surface area contributed by atoms with Crippen LogP contribution in [0.2, 0.25) is 0 Å². The van der Waals surface area contributed by atoms with Gasteiger partial charge in [0.1, 0.15) is 11.5 Å². The van der Waals surface area contributed by atoms with Crippen LogP contribution in [0.3, 0.4) is 0 Å². The molecule has 0 bridgehead atoms. The predicted octanol–water partition coefficient (Wildman–Crippen LogP) is 2.55. The van der Waals surface area contributed by atoms with Crippen molar-refractivity contribution in [1.29, 1.82) is 0 Å². The summed E-state index contributed by atoms with van der Waals surface area (Å²) < 4.78 is 10.6. The highest BCUT2D eigenvalue weighted by molar-refractivity contribution is 5.79. The van der Waals surface area contributed by atoms with Crippen molar-refractivity contribution >= 4 is 11.9 Å². The van der Waals surface area contributed by atoms with E-state index < -0.39 is 5.97 Å². The molecule has 1 saturated carbocycles. The Balaban J connectivity index is 1.98. The standard InChI is InChI=1S/C18H25NO5/c1-19(11-14-8-9-15(23-2)10-16(14)24-3)17(20)12-4-6-13(7-5-12)18(21)22/h8-10,12-13H,4-7,11H2,1-3H3,(H,21,22). The maximum atomic E-state index is 12.6. The Morgan fingerprint density at radius 1 is 1.12 bits per heavy atom. The lowest BCUT2D eigenvalue weighted by Crippen LogP contribution is -2.35. The lowest BCUT2D eigenvalue weighted by Gasteiger charge is -2.29. The summed E-state index contributed by atoms with van der Waals surface area (Å²) >= 11 is 0. The zero-order valence-electron chi connectivity index (χ0n) is 14.4. The molecule has 1 aromatic rings. The van der Waals surface area contributed by atoms with Crippen LogP contribution in [-0.2, 0) is 16.1 Å². The first-order chi connectivity index (χ1) is 11.5. The van der Waals surface area contributed by atoms with Gasteiger partial charge in [-0.3, -0.25) is 9.59 Å². The molecule has 0 spiro atoms. The van der Waals surface area contributed by atoms with Gasteiger partial charge >= 0.3 is 5.97 Å². The summed E-state index contributed by atoms with van der Waals surface area (Å²) in [6.45, 7) is 0.449. The topological polar surface area (TPSA) is 76.1 Å². The molecule has 0 saturated heterocycles. The van der Waals surface area contributed by atoms with Gasteiger partial charge in [-0.05, 0) is 37.8 Å². The Labute approximate surface area is 142 Å². The average Bonchev–Trinajstić information content (AvgIpc) is 2.61. The second-order valence-electron chi connectivity index (χ2n) is 6.26. The molecule has 2 rings (SSSR count). The average molecular weight is 335 g/mol. The van der Waals surface area contributed by atoms with Crippen molar-refractivity contribution in [1.82, 2.24) is 4.90 Å². The molecule has 6 heteroatoms. The number of carbonyl (C=O) groups is 2. The zero-order chi connectivity index (χ0) is 17.7. The van der Waals surface area contributed by atoms with Crippen LogP contribution < -0.4 is 9.47 Å². The van der Waals surface area contributed by atoms with E-state index in [2.05, 4.69) is 0 Å². The minimum absolute atomic E-state index is 0.0664. The highest BCUT2D eigenvalue weighted by atomic mass is 16.5. The number of hydrogen-bond acceptors (Lipinski definition) is 4. The maximum Gasteiger partial charge on any atom is 0.306 e. The van der Waals surface area contributed by atoms with Gasteiger partial charge in [-0.2, -0.15) is 0 Å². The zero-order valence-corrected chi connectivity index (χ0v) is 14.4. The van der Waals surface area contributed by atoms with Gasteiger partial charge in [0.15, 0.2) is 0 Å². The van der Waals surface area contributed by atoms with Crippen LogP contribution >= 0.6 is 0 Å². The maximum absolute atomic E-state index is 12.6. The Kier molecular flexibility index (Phi) is 6.06. The summed E-state index contributed by atoms with van der Waals surface area (Å²) in [6.07, 6.45) is 2.43. The Bertz CT molecular complexity index is 593. The molecule has 0 aromatic heterocycles. The molecule has 0 aliphatic heterocycles. The van der Waals surface area contributed by atoms with Crippen LogP contribution in [0.1, 0.15) is 31.2 Å². The quantitative estimate of drug-likeness (QED) is 0.864. The highest BCUT2D eigenvalue weighted by Crippen LogP contribution is 2.31. The van der Waals surface area contributed by atoms with E-state index in [4.69, 9.17) is 14.6 Å². The van der Waals surface area contributed by atoms with E-state index in [1.165, 1.54) is 0 Å². The van der Waals surface area contributed by atoms with E-state index in [1.807, 2.05) is 12.1 Å². The molecule has 6 nitrogen and oxygen atoms in total. The van der Waals surface area contributed by atoms with E-state index in [0.717, 1.165) is 5.56 Å². The molecular formula is C18H25NO5. The summed E-state index contributed by atoms with van der Waals surface area (Å²) in [4.78, 5) is 25.3. The number of benzene rings is 1. The molecule has 0 radical (unpaired) electrons. The summed E-state index contributed by atoms with van der Waals surface area (Å²) in [5.74, 6) is 0.310. The number of rotatable bonds is 6. The molecule has 24 heavy (non-hydrogen) atoms. The normalized spacial score (nSPS) is 20.3. The predicted molar refractivity (Wildman–Crippen MR) is 89.1 cm³/mol. The van der Waals surface area contributed by atoms with E-state index in [0.29, 0.717) is 43.7 Å². The number of nitrogens with zero attached hydrogens (tertiary/aromatic N) is 1. The second-order valence-corrected chi connectivity index (χ2v) is 6.26. The fourth-order valence-electron chi connectivity index (χ4n) is 3.21. The number of carboxylic acid groups (broad SMARTS) is 1. The first-order valence-corrected chi connectivity index (χ1v) is 8.15. The number of hydrogen-bond donors (Lipinski definition) is 1. The minimum Gasteiger partial charge on any atom is -0.497 e. The van der Waals surface area contributed by atoms with Crippen LogP contribution in [0.15, 0.2) is 18.2 Å². The van der Waals surface area contributed by atoms with Gasteiger partial charge < -0.3 is 19.5 Å². The Morgan fingerprint density at radius 2 is 1.75 bits per heavy atom. The summed E-state index contributed by atoms with van der Waals surface area (Å²) in [6, 6.07) is 5.53. The van der Waals surface area contributed by atoms with E-state index in [1.54, 1.807) is 32.2 Å². The SMILES string of the molecule is COc1ccc(CN(C)C(=O)C2CCC(C(=O)O)CC2)c(OC)c1. The van der Waals surface area contributed by atoms with Crippen LogP contribution in [0.5, 0.6) is 11.5 Å². The number of carboxylic acids is 1. The van der Waals surface area contributed by atoms with Crippen molar-refractivity contribution in [3.8, 4) is 11.5 Å². The molecule has 1 aliphatic carbocycles. The van der Waals surface area contributed by atoms with Crippen molar-refractivity contribution in [3.05, 3.63) is 23.8 Å². The second kappa shape index (κ2) is 8.04. The molecule has 0 atom stereocenters. The van der Waals surface area contributed by atoms with E-state index in [9.17, 15) is 9.59 Å². The van der Waals surface area contributed by atoms with Gasteiger partial charge in [0.2, 0.25) is 5.91 Å². The third kappa shape index (κ3) is 4.19. The van der Waals surface area contributed by atoms with E-state index >= 15 is 0 Å². The summed E-state index contributed by atoms with van der Waals surface area (Å²) in [7, 11) is 4.96. The smallest absolute Gasteiger partial charge is 0.306 e. The summed E-state index contributed by atoms with van der Waals surface area (Å²) in [5, 5.41) is 9.05. The molecule has 1 fully saturated rings. The van der Waals surface area contributed by atoms with E-state index in [-0.39, 0.29) is 17.7 Å². The fraction of sp³-hybridized carbons (Fsp3) is 0.556. The van der Waals surface area contributed by atoms with Crippen molar-refractivity contribution in [2.75, 3.05) is 21.3 Å².